The largest absolute Gasteiger partial charge is 0.352 e. The van der Waals surface area contributed by atoms with Gasteiger partial charge < -0.3 is 5.32 Å². The Hall–Kier alpha value is -1.06. The van der Waals surface area contributed by atoms with E-state index in [1.165, 1.54) is 0 Å². The van der Waals surface area contributed by atoms with E-state index in [1.54, 1.807) is 0 Å². The molecule has 0 radical (unpaired) electrons. The van der Waals surface area contributed by atoms with Crippen molar-refractivity contribution in [3.63, 3.8) is 0 Å². The summed E-state index contributed by atoms with van der Waals surface area (Å²) in [5, 5.41) is 2.71. The van der Waals surface area contributed by atoms with E-state index in [2.05, 4.69) is 21.2 Å². The zero-order chi connectivity index (χ0) is 16.3. The van der Waals surface area contributed by atoms with Crippen molar-refractivity contribution in [2.75, 3.05) is 6.54 Å². The van der Waals surface area contributed by atoms with Crippen LogP contribution in [-0.2, 0) is 14.8 Å². The first-order valence-corrected chi connectivity index (χ1v) is 9.01. The molecule has 22 heavy (non-hydrogen) atoms. The Morgan fingerprint density at radius 1 is 1.27 bits per heavy atom. The SMILES string of the molecule is O=C(CNS(=O)(=O)c1c(F)cc(F)cc1Br)NC1CCCC1. The van der Waals surface area contributed by atoms with E-state index in [1.807, 2.05) is 4.72 Å². The van der Waals surface area contributed by atoms with Gasteiger partial charge >= 0.3 is 0 Å². The molecule has 9 heteroatoms. The molecule has 2 rings (SSSR count). The lowest BCUT2D eigenvalue weighted by Crippen LogP contribution is -2.41. The summed E-state index contributed by atoms with van der Waals surface area (Å²) in [6, 6.07) is 1.38. The average molecular weight is 397 g/mol. The van der Waals surface area contributed by atoms with Gasteiger partial charge in [0.05, 0.1) is 6.54 Å². The van der Waals surface area contributed by atoms with Crippen LogP contribution in [-0.4, -0.2) is 26.9 Å². The molecule has 1 aromatic carbocycles. The van der Waals surface area contributed by atoms with Gasteiger partial charge in [-0.05, 0) is 34.8 Å². The van der Waals surface area contributed by atoms with Crippen LogP contribution < -0.4 is 10.0 Å². The standard InChI is InChI=1S/C13H15BrF2N2O3S/c14-10-5-8(15)6-11(16)13(10)22(20,21)17-7-12(19)18-9-3-1-2-4-9/h5-6,9,17H,1-4,7H2,(H,18,19). The van der Waals surface area contributed by atoms with Crippen molar-refractivity contribution >= 4 is 31.9 Å². The molecular formula is C13H15BrF2N2O3S. The number of nitrogens with one attached hydrogen (secondary N) is 2. The average Bonchev–Trinajstić information content (AvgIpc) is 2.87. The Bertz CT molecular complexity index is 653. The van der Waals surface area contributed by atoms with Crippen molar-refractivity contribution in [3.05, 3.63) is 28.2 Å². The third-order valence-electron chi connectivity index (χ3n) is 3.37. The molecule has 0 unspecified atom stereocenters. The van der Waals surface area contributed by atoms with Crippen molar-refractivity contribution in [1.29, 1.82) is 0 Å². The second-order valence-corrected chi connectivity index (χ2v) is 7.63. The van der Waals surface area contributed by atoms with Gasteiger partial charge in [-0.2, -0.15) is 0 Å². The summed E-state index contributed by atoms with van der Waals surface area (Å²) in [5.74, 6) is -2.60. The molecule has 0 heterocycles. The summed E-state index contributed by atoms with van der Waals surface area (Å²) < 4.78 is 52.5. The van der Waals surface area contributed by atoms with E-state index in [9.17, 15) is 22.0 Å². The van der Waals surface area contributed by atoms with Crippen LogP contribution in [0.3, 0.4) is 0 Å². The molecular weight excluding hydrogens is 382 g/mol. The van der Waals surface area contributed by atoms with Gasteiger partial charge in [0.2, 0.25) is 15.9 Å². The number of carbonyl (C=O) groups is 1. The fourth-order valence-electron chi connectivity index (χ4n) is 2.37. The molecule has 0 saturated heterocycles. The van der Waals surface area contributed by atoms with Crippen LogP contribution in [0.5, 0.6) is 0 Å². The third-order valence-corrected chi connectivity index (χ3v) is 5.74. The topological polar surface area (TPSA) is 75.3 Å². The van der Waals surface area contributed by atoms with Crippen LogP contribution in [0.4, 0.5) is 8.78 Å². The predicted molar refractivity (Wildman–Crippen MR) is 79.6 cm³/mol. The van der Waals surface area contributed by atoms with Crippen molar-refractivity contribution < 1.29 is 22.0 Å². The molecule has 1 fully saturated rings. The summed E-state index contributed by atoms with van der Waals surface area (Å²) in [4.78, 5) is 11.0. The number of rotatable bonds is 5. The number of halogens is 3. The molecule has 0 spiro atoms. The summed E-state index contributed by atoms with van der Waals surface area (Å²) in [6.07, 6.45) is 3.81. The van der Waals surface area contributed by atoms with E-state index < -0.39 is 39.0 Å². The van der Waals surface area contributed by atoms with Crippen molar-refractivity contribution in [1.82, 2.24) is 10.0 Å². The highest BCUT2D eigenvalue weighted by Crippen LogP contribution is 2.26. The maximum atomic E-state index is 13.7. The Kier molecular flexibility index (Phi) is 5.51. The second-order valence-electron chi connectivity index (χ2n) is 5.07. The number of sulfonamides is 1. The van der Waals surface area contributed by atoms with Crippen molar-refractivity contribution in [2.45, 2.75) is 36.6 Å². The third kappa shape index (κ3) is 4.23. The van der Waals surface area contributed by atoms with E-state index >= 15 is 0 Å². The lowest BCUT2D eigenvalue weighted by Gasteiger charge is -2.13. The Morgan fingerprint density at radius 3 is 2.50 bits per heavy atom. The van der Waals surface area contributed by atoms with E-state index in [0.717, 1.165) is 31.7 Å². The van der Waals surface area contributed by atoms with Gasteiger partial charge in [0.1, 0.15) is 16.5 Å². The van der Waals surface area contributed by atoms with Gasteiger partial charge in [-0.3, -0.25) is 4.79 Å². The van der Waals surface area contributed by atoms with Gasteiger partial charge in [0, 0.05) is 16.6 Å². The molecule has 0 aliphatic heterocycles. The first-order valence-electron chi connectivity index (χ1n) is 6.73. The summed E-state index contributed by atoms with van der Waals surface area (Å²) in [7, 11) is -4.27. The number of carbonyl (C=O) groups excluding carboxylic acids is 1. The quantitative estimate of drug-likeness (QED) is 0.799. The molecule has 1 amide bonds. The van der Waals surface area contributed by atoms with Crippen LogP contribution in [0, 0.1) is 11.6 Å². The van der Waals surface area contributed by atoms with Gasteiger partial charge in [-0.15, -0.1) is 0 Å². The second kappa shape index (κ2) is 7.01. The summed E-state index contributed by atoms with van der Waals surface area (Å²) in [5.41, 5.74) is 0. The minimum atomic E-state index is -4.27. The first kappa shape index (κ1) is 17.3. The normalized spacial score (nSPS) is 16.0. The maximum absolute atomic E-state index is 13.7. The van der Waals surface area contributed by atoms with E-state index in [4.69, 9.17) is 0 Å². The zero-order valence-corrected chi connectivity index (χ0v) is 13.9. The number of hydrogen-bond acceptors (Lipinski definition) is 3. The first-order chi connectivity index (χ1) is 10.3. The van der Waals surface area contributed by atoms with Crippen LogP contribution in [0.2, 0.25) is 0 Å². The summed E-state index contributed by atoms with van der Waals surface area (Å²) >= 11 is 2.81. The highest BCUT2D eigenvalue weighted by atomic mass is 79.9. The smallest absolute Gasteiger partial charge is 0.245 e. The minimum Gasteiger partial charge on any atom is -0.352 e. The van der Waals surface area contributed by atoms with Gasteiger partial charge in [0.25, 0.3) is 0 Å². The molecule has 122 valence electrons. The molecule has 5 nitrogen and oxygen atoms in total. The number of hydrogen-bond donors (Lipinski definition) is 2. The van der Waals surface area contributed by atoms with E-state index in [0.29, 0.717) is 6.07 Å². The molecule has 1 aliphatic rings. The number of benzene rings is 1. The molecule has 2 N–H and O–H groups in total. The molecule has 0 atom stereocenters. The highest BCUT2D eigenvalue weighted by molar-refractivity contribution is 9.10. The predicted octanol–water partition coefficient (Wildman–Crippen LogP) is 2.06. The van der Waals surface area contributed by atoms with E-state index in [-0.39, 0.29) is 10.5 Å². The minimum absolute atomic E-state index is 0.0614. The Balaban J connectivity index is 2.03. The fraction of sp³-hybridized carbons (Fsp3) is 0.462. The van der Waals surface area contributed by atoms with Crippen LogP contribution >= 0.6 is 15.9 Å². The van der Waals surface area contributed by atoms with Crippen LogP contribution in [0.1, 0.15) is 25.7 Å². The van der Waals surface area contributed by atoms with Crippen LogP contribution in [0.25, 0.3) is 0 Å². The highest BCUT2D eigenvalue weighted by Gasteiger charge is 2.25. The summed E-state index contributed by atoms with van der Waals surface area (Å²) in [6.45, 7) is -0.498. The number of amides is 1. The fourth-order valence-corrected chi connectivity index (χ4v) is 4.51. The van der Waals surface area contributed by atoms with Gasteiger partial charge in [0.15, 0.2) is 0 Å². The Morgan fingerprint density at radius 2 is 1.91 bits per heavy atom. The molecule has 1 saturated carbocycles. The van der Waals surface area contributed by atoms with Gasteiger partial charge in [-0.1, -0.05) is 12.8 Å². The van der Waals surface area contributed by atoms with Crippen molar-refractivity contribution in [2.24, 2.45) is 0 Å². The lowest BCUT2D eigenvalue weighted by molar-refractivity contribution is -0.120. The monoisotopic (exact) mass is 396 g/mol. The maximum Gasteiger partial charge on any atom is 0.245 e. The van der Waals surface area contributed by atoms with Gasteiger partial charge in [-0.25, -0.2) is 21.9 Å². The molecule has 1 aliphatic carbocycles. The zero-order valence-electron chi connectivity index (χ0n) is 11.5. The van der Waals surface area contributed by atoms with Crippen LogP contribution in [0.15, 0.2) is 21.5 Å². The lowest BCUT2D eigenvalue weighted by atomic mass is 10.2. The Labute approximate surface area is 135 Å². The molecule has 0 bridgehead atoms. The molecule has 0 aromatic heterocycles. The van der Waals surface area contributed by atoms with Crippen molar-refractivity contribution in [3.8, 4) is 0 Å². The molecule has 1 aromatic rings.